The Labute approximate surface area is 175 Å². The largest absolute Gasteiger partial charge is 0.457 e. The Hall–Kier alpha value is -3.15. The standard InChI is InChI=1S/C24H25NO5/c26-22(15-29-24(28)18-13-16-5-4-6-17(14-18)23(16)27)25-19-9-11-21(12-10-19)30-20-7-2-1-3-8-20/h1-3,7-12,16-18H,4-6,13-15H2,(H,25,26)/t16-,17+,18?. The van der Waals surface area contributed by atoms with Crippen molar-refractivity contribution in [2.45, 2.75) is 32.1 Å². The Bertz CT molecular complexity index is 893. The van der Waals surface area contributed by atoms with Crippen molar-refractivity contribution < 1.29 is 23.9 Å². The lowest BCUT2D eigenvalue weighted by Gasteiger charge is -2.36. The number of Topliss-reactive ketones (excluding diaryl/α,β-unsaturated/α-hetero) is 1. The van der Waals surface area contributed by atoms with Gasteiger partial charge in [-0.25, -0.2) is 0 Å². The van der Waals surface area contributed by atoms with E-state index in [1.165, 1.54) is 0 Å². The Kier molecular flexibility index (Phi) is 6.12. The lowest BCUT2D eigenvalue weighted by atomic mass is 9.67. The van der Waals surface area contributed by atoms with Crippen molar-refractivity contribution in [3.05, 3.63) is 54.6 Å². The van der Waals surface area contributed by atoms with Crippen LogP contribution in [0, 0.1) is 17.8 Å². The number of hydrogen-bond acceptors (Lipinski definition) is 5. The number of ketones is 1. The molecule has 0 spiro atoms. The fourth-order valence-corrected chi connectivity index (χ4v) is 4.35. The van der Waals surface area contributed by atoms with E-state index in [9.17, 15) is 14.4 Å². The zero-order valence-corrected chi connectivity index (χ0v) is 16.7. The summed E-state index contributed by atoms with van der Waals surface area (Å²) in [6, 6.07) is 16.4. The predicted octanol–water partition coefficient (Wildman–Crippen LogP) is 4.36. The van der Waals surface area contributed by atoms with Crippen LogP contribution in [-0.2, 0) is 19.1 Å². The van der Waals surface area contributed by atoms with Crippen LogP contribution >= 0.6 is 0 Å². The summed E-state index contributed by atoms with van der Waals surface area (Å²) in [5.41, 5.74) is 0.592. The minimum Gasteiger partial charge on any atom is -0.457 e. The van der Waals surface area contributed by atoms with Crippen molar-refractivity contribution in [3.63, 3.8) is 0 Å². The minimum absolute atomic E-state index is 0.0134. The quantitative estimate of drug-likeness (QED) is 0.720. The molecule has 2 aliphatic carbocycles. The fourth-order valence-electron chi connectivity index (χ4n) is 4.35. The van der Waals surface area contributed by atoms with Crippen LogP contribution in [0.25, 0.3) is 0 Å². The van der Waals surface area contributed by atoms with Crippen molar-refractivity contribution in [2.24, 2.45) is 17.8 Å². The lowest BCUT2D eigenvalue weighted by molar-refractivity contribution is -0.155. The number of nitrogens with one attached hydrogen (secondary N) is 1. The molecule has 4 rings (SSSR count). The summed E-state index contributed by atoms with van der Waals surface area (Å²) in [6.07, 6.45) is 3.89. The number of carbonyl (C=O) groups is 3. The van der Waals surface area contributed by atoms with Crippen LogP contribution in [0.2, 0.25) is 0 Å². The first-order valence-corrected chi connectivity index (χ1v) is 10.4. The molecule has 0 aliphatic heterocycles. The van der Waals surface area contributed by atoms with Gasteiger partial charge < -0.3 is 14.8 Å². The van der Waals surface area contributed by atoms with Gasteiger partial charge >= 0.3 is 5.97 Å². The number of ether oxygens (including phenoxy) is 2. The molecule has 6 heteroatoms. The second-order valence-corrected chi connectivity index (χ2v) is 7.99. The second kappa shape index (κ2) is 9.11. The van der Waals surface area contributed by atoms with Crippen LogP contribution in [-0.4, -0.2) is 24.3 Å². The van der Waals surface area contributed by atoms with Crippen LogP contribution in [0.5, 0.6) is 11.5 Å². The second-order valence-electron chi connectivity index (χ2n) is 7.99. The molecular weight excluding hydrogens is 382 g/mol. The Balaban J connectivity index is 1.24. The van der Waals surface area contributed by atoms with Gasteiger partial charge in [-0.2, -0.15) is 0 Å². The summed E-state index contributed by atoms with van der Waals surface area (Å²) in [5, 5.41) is 2.71. The van der Waals surface area contributed by atoms with Crippen LogP contribution in [0.4, 0.5) is 5.69 Å². The average Bonchev–Trinajstić information content (AvgIpc) is 2.74. The summed E-state index contributed by atoms with van der Waals surface area (Å²) in [5.74, 6) is 0.620. The monoisotopic (exact) mass is 407 g/mol. The lowest BCUT2D eigenvalue weighted by Crippen LogP contribution is -2.40. The first kappa shape index (κ1) is 20.1. The van der Waals surface area contributed by atoms with Gasteiger partial charge in [0.1, 0.15) is 17.3 Å². The Morgan fingerprint density at radius 2 is 1.53 bits per heavy atom. The summed E-state index contributed by atoms with van der Waals surface area (Å²) in [4.78, 5) is 36.7. The normalized spacial score (nSPS) is 22.8. The molecule has 2 aromatic carbocycles. The molecule has 1 unspecified atom stereocenters. The van der Waals surface area contributed by atoms with Gasteiger partial charge in [0.25, 0.3) is 5.91 Å². The fraction of sp³-hybridized carbons (Fsp3) is 0.375. The predicted molar refractivity (Wildman–Crippen MR) is 111 cm³/mol. The molecule has 0 heterocycles. The number of fused-ring (bicyclic) bond motifs is 2. The Morgan fingerprint density at radius 3 is 2.20 bits per heavy atom. The van der Waals surface area contributed by atoms with Crippen molar-refractivity contribution in [1.29, 1.82) is 0 Å². The first-order valence-electron chi connectivity index (χ1n) is 10.4. The van der Waals surface area contributed by atoms with Gasteiger partial charge in [-0.05, 0) is 62.1 Å². The number of carbonyl (C=O) groups excluding carboxylic acids is 3. The van der Waals surface area contributed by atoms with Gasteiger partial charge in [-0.15, -0.1) is 0 Å². The maximum atomic E-state index is 12.4. The number of hydrogen-bond donors (Lipinski definition) is 1. The summed E-state index contributed by atoms with van der Waals surface area (Å²) < 4.78 is 10.9. The third kappa shape index (κ3) is 4.87. The third-order valence-electron chi connectivity index (χ3n) is 5.84. The minimum atomic E-state index is -0.396. The van der Waals surface area contributed by atoms with Crippen LogP contribution in [0.3, 0.4) is 0 Å². The van der Waals surface area contributed by atoms with Crippen molar-refractivity contribution in [3.8, 4) is 11.5 Å². The first-order chi connectivity index (χ1) is 14.6. The molecule has 2 saturated carbocycles. The highest BCUT2D eigenvalue weighted by molar-refractivity contribution is 5.93. The van der Waals surface area contributed by atoms with E-state index in [1.54, 1.807) is 24.3 Å². The molecule has 0 radical (unpaired) electrons. The average molecular weight is 407 g/mol. The van der Waals surface area contributed by atoms with E-state index in [0.29, 0.717) is 30.1 Å². The van der Waals surface area contributed by atoms with Gasteiger partial charge in [0, 0.05) is 17.5 Å². The van der Waals surface area contributed by atoms with E-state index in [0.717, 1.165) is 25.0 Å². The maximum Gasteiger partial charge on any atom is 0.309 e. The van der Waals surface area contributed by atoms with Gasteiger partial charge in [0.15, 0.2) is 6.61 Å². The summed E-state index contributed by atoms with van der Waals surface area (Å²) >= 11 is 0. The highest BCUT2D eigenvalue weighted by Gasteiger charge is 2.41. The number of rotatable bonds is 6. The van der Waals surface area contributed by atoms with Gasteiger partial charge in [0.05, 0.1) is 5.92 Å². The molecule has 0 aromatic heterocycles. The van der Waals surface area contributed by atoms with Crippen molar-refractivity contribution in [2.75, 3.05) is 11.9 Å². The molecule has 0 saturated heterocycles. The molecular formula is C24H25NO5. The van der Waals surface area contributed by atoms with Gasteiger partial charge in [-0.3, -0.25) is 14.4 Å². The molecule has 6 nitrogen and oxygen atoms in total. The molecule has 30 heavy (non-hydrogen) atoms. The van der Waals surface area contributed by atoms with E-state index >= 15 is 0 Å². The Morgan fingerprint density at radius 1 is 0.900 bits per heavy atom. The van der Waals surface area contributed by atoms with Crippen LogP contribution < -0.4 is 10.1 Å². The highest BCUT2D eigenvalue weighted by atomic mass is 16.5. The topological polar surface area (TPSA) is 81.7 Å². The molecule has 2 bridgehead atoms. The van der Waals surface area contributed by atoms with E-state index in [1.807, 2.05) is 30.3 Å². The van der Waals surface area contributed by atoms with E-state index in [2.05, 4.69) is 5.32 Å². The molecule has 1 amide bonds. The highest BCUT2D eigenvalue weighted by Crippen LogP contribution is 2.40. The molecule has 3 atom stereocenters. The smallest absolute Gasteiger partial charge is 0.309 e. The number of anilines is 1. The number of benzene rings is 2. The zero-order valence-electron chi connectivity index (χ0n) is 16.7. The van der Waals surface area contributed by atoms with Crippen molar-refractivity contribution >= 4 is 23.3 Å². The van der Waals surface area contributed by atoms with Gasteiger partial charge in [-0.1, -0.05) is 24.6 Å². The van der Waals surface area contributed by atoms with Crippen LogP contribution in [0.1, 0.15) is 32.1 Å². The number of esters is 1. The molecule has 2 aromatic rings. The van der Waals surface area contributed by atoms with E-state index in [4.69, 9.17) is 9.47 Å². The molecule has 156 valence electrons. The molecule has 2 aliphatic rings. The molecule has 2 fully saturated rings. The number of para-hydroxylation sites is 1. The third-order valence-corrected chi connectivity index (χ3v) is 5.84. The summed E-state index contributed by atoms with van der Waals surface area (Å²) in [7, 11) is 0. The van der Waals surface area contributed by atoms with Crippen LogP contribution in [0.15, 0.2) is 54.6 Å². The van der Waals surface area contributed by atoms with Gasteiger partial charge in [0.2, 0.25) is 0 Å². The van der Waals surface area contributed by atoms with E-state index < -0.39 is 5.91 Å². The number of amides is 1. The zero-order chi connectivity index (χ0) is 20.9. The van der Waals surface area contributed by atoms with E-state index in [-0.39, 0.29) is 30.3 Å². The summed E-state index contributed by atoms with van der Waals surface area (Å²) in [6.45, 7) is -0.332. The molecule has 1 N–H and O–H groups in total. The van der Waals surface area contributed by atoms with Crippen molar-refractivity contribution in [1.82, 2.24) is 0 Å². The SMILES string of the molecule is O=C(COC(=O)C1C[C@H]2CCC[C@@H](C1)C2=O)Nc1ccc(Oc2ccccc2)cc1. The maximum absolute atomic E-state index is 12.4.